The summed E-state index contributed by atoms with van der Waals surface area (Å²) in [6.45, 7) is 1.46. The molecule has 1 unspecified atom stereocenters. The van der Waals surface area contributed by atoms with Crippen LogP contribution in [0.15, 0.2) is 28.7 Å². The molecule has 0 saturated carbocycles. The highest BCUT2D eigenvalue weighted by molar-refractivity contribution is 9.10. The number of nitrogens with two attached hydrogens (primary N) is 1. The molecule has 0 radical (unpaired) electrons. The molecule has 6 heteroatoms. The molecule has 108 valence electrons. The van der Waals surface area contributed by atoms with Crippen LogP contribution in [-0.2, 0) is 0 Å². The van der Waals surface area contributed by atoms with Gasteiger partial charge in [-0.2, -0.15) is 13.2 Å². The first-order chi connectivity index (χ1) is 8.87. The second kappa shape index (κ2) is 7.26. The first kappa shape index (κ1) is 16.5. The molecule has 2 N–H and O–H groups in total. The number of hydrogen-bond donors (Lipinski definition) is 1. The lowest BCUT2D eigenvalue weighted by Gasteiger charge is -2.31. The number of halogens is 4. The van der Waals surface area contributed by atoms with Crippen molar-refractivity contribution in [3.63, 3.8) is 0 Å². The third-order valence-electron chi connectivity index (χ3n) is 2.81. The van der Waals surface area contributed by atoms with Crippen LogP contribution in [0.3, 0.4) is 0 Å². The van der Waals surface area contributed by atoms with Gasteiger partial charge in [0, 0.05) is 17.1 Å². The zero-order chi connectivity index (χ0) is 14.5. The van der Waals surface area contributed by atoms with E-state index in [1.54, 1.807) is 12.1 Å². The van der Waals surface area contributed by atoms with Gasteiger partial charge in [0.25, 0.3) is 0 Å². The Labute approximate surface area is 119 Å². The quantitative estimate of drug-likeness (QED) is 0.856. The highest BCUT2D eigenvalue weighted by atomic mass is 79.9. The molecule has 0 amide bonds. The zero-order valence-corrected chi connectivity index (χ0v) is 12.3. The minimum Gasteiger partial charge on any atom is -0.329 e. The third-order valence-corrected chi connectivity index (χ3v) is 3.34. The fourth-order valence-electron chi connectivity index (χ4n) is 2.04. The van der Waals surface area contributed by atoms with Gasteiger partial charge < -0.3 is 5.73 Å². The molecule has 19 heavy (non-hydrogen) atoms. The molecule has 0 bridgehead atoms. The molecule has 1 atom stereocenters. The molecule has 2 nitrogen and oxygen atoms in total. The van der Waals surface area contributed by atoms with Crippen molar-refractivity contribution in [3.05, 3.63) is 34.3 Å². The van der Waals surface area contributed by atoms with Crippen LogP contribution in [0.5, 0.6) is 0 Å². The summed E-state index contributed by atoms with van der Waals surface area (Å²) in [6.07, 6.45) is -3.55. The van der Waals surface area contributed by atoms with E-state index < -0.39 is 18.8 Å². The SMILES string of the molecule is CCCN(CC(F)(F)F)C(CN)c1ccc(Br)cc1. The molecule has 0 aliphatic rings. The van der Waals surface area contributed by atoms with Crippen LogP contribution in [0, 0.1) is 0 Å². The molecular formula is C13H18BrF3N2. The fraction of sp³-hybridized carbons (Fsp3) is 0.538. The smallest absolute Gasteiger partial charge is 0.329 e. The van der Waals surface area contributed by atoms with Crippen LogP contribution >= 0.6 is 15.9 Å². The molecule has 0 heterocycles. The maximum atomic E-state index is 12.6. The summed E-state index contributed by atoms with van der Waals surface area (Å²) >= 11 is 3.31. The molecule has 1 aromatic carbocycles. The van der Waals surface area contributed by atoms with Crippen molar-refractivity contribution in [2.75, 3.05) is 19.6 Å². The van der Waals surface area contributed by atoms with Crippen molar-refractivity contribution in [1.82, 2.24) is 4.90 Å². The fourth-order valence-corrected chi connectivity index (χ4v) is 2.31. The van der Waals surface area contributed by atoms with Crippen LogP contribution in [0.2, 0.25) is 0 Å². The van der Waals surface area contributed by atoms with Gasteiger partial charge in [-0.15, -0.1) is 0 Å². The third kappa shape index (κ3) is 5.50. The van der Waals surface area contributed by atoms with Gasteiger partial charge in [-0.1, -0.05) is 35.0 Å². The summed E-state index contributed by atoms with van der Waals surface area (Å²) in [5.74, 6) is 0. The normalized spacial score (nSPS) is 13.8. The molecule has 1 aromatic rings. The average molecular weight is 339 g/mol. The van der Waals surface area contributed by atoms with E-state index in [2.05, 4.69) is 15.9 Å². The van der Waals surface area contributed by atoms with E-state index in [9.17, 15) is 13.2 Å². The van der Waals surface area contributed by atoms with Gasteiger partial charge in [-0.25, -0.2) is 0 Å². The lowest BCUT2D eigenvalue weighted by Crippen LogP contribution is -2.40. The molecular weight excluding hydrogens is 321 g/mol. The Morgan fingerprint density at radius 1 is 1.26 bits per heavy atom. The van der Waals surface area contributed by atoms with Gasteiger partial charge in [0.2, 0.25) is 0 Å². The minimum atomic E-state index is -4.21. The molecule has 1 rings (SSSR count). The number of benzene rings is 1. The summed E-state index contributed by atoms with van der Waals surface area (Å²) in [5, 5.41) is 0. The topological polar surface area (TPSA) is 29.3 Å². The maximum Gasteiger partial charge on any atom is 0.401 e. The Balaban J connectivity index is 2.92. The van der Waals surface area contributed by atoms with E-state index in [-0.39, 0.29) is 6.54 Å². The molecule has 0 aliphatic heterocycles. The summed E-state index contributed by atoms with van der Waals surface area (Å²) in [7, 11) is 0. The van der Waals surface area contributed by atoms with E-state index in [0.29, 0.717) is 13.0 Å². The van der Waals surface area contributed by atoms with Crippen molar-refractivity contribution >= 4 is 15.9 Å². The summed E-state index contributed by atoms with van der Waals surface area (Å²) in [5.41, 5.74) is 6.48. The van der Waals surface area contributed by atoms with E-state index in [0.717, 1.165) is 10.0 Å². The van der Waals surface area contributed by atoms with Crippen molar-refractivity contribution in [2.45, 2.75) is 25.6 Å². The highest BCUT2D eigenvalue weighted by Gasteiger charge is 2.33. The van der Waals surface area contributed by atoms with Gasteiger partial charge in [-0.3, -0.25) is 4.90 Å². The minimum absolute atomic E-state index is 0.164. The van der Waals surface area contributed by atoms with Gasteiger partial charge in [0.15, 0.2) is 0 Å². The Bertz CT molecular complexity index is 378. The lowest BCUT2D eigenvalue weighted by molar-refractivity contribution is -0.150. The van der Waals surface area contributed by atoms with Crippen molar-refractivity contribution in [2.24, 2.45) is 5.73 Å². The Morgan fingerprint density at radius 2 is 1.84 bits per heavy atom. The number of rotatable bonds is 6. The molecule has 0 aromatic heterocycles. The van der Waals surface area contributed by atoms with E-state index in [1.165, 1.54) is 4.90 Å². The standard InChI is InChI=1S/C13H18BrF3N2/c1-2-7-19(9-13(15,16)17)12(8-18)10-3-5-11(14)6-4-10/h3-6,12H,2,7-9,18H2,1H3. The van der Waals surface area contributed by atoms with Crippen LogP contribution in [0.25, 0.3) is 0 Å². The van der Waals surface area contributed by atoms with Gasteiger partial charge >= 0.3 is 6.18 Å². The second-order valence-electron chi connectivity index (χ2n) is 4.39. The summed E-state index contributed by atoms with van der Waals surface area (Å²) in [4.78, 5) is 1.39. The van der Waals surface area contributed by atoms with Crippen LogP contribution in [-0.4, -0.2) is 30.7 Å². The second-order valence-corrected chi connectivity index (χ2v) is 5.30. The zero-order valence-electron chi connectivity index (χ0n) is 10.8. The van der Waals surface area contributed by atoms with Crippen molar-refractivity contribution < 1.29 is 13.2 Å². The number of alkyl halides is 3. The van der Waals surface area contributed by atoms with Gasteiger partial charge in [0.05, 0.1) is 6.54 Å². The van der Waals surface area contributed by atoms with Crippen LogP contribution in [0.1, 0.15) is 24.9 Å². The van der Waals surface area contributed by atoms with Crippen LogP contribution < -0.4 is 5.73 Å². The van der Waals surface area contributed by atoms with Crippen molar-refractivity contribution in [1.29, 1.82) is 0 Å². The monoisotopic (exact) mass is 338 g/mol. The van der Waals surface area contributed by atoms with Crippen LogP contribution in [0.4, 0.5) is 13.2 Å². The number of hydrogen-bond acceptors (Lipinski definition) is 2. The first-order valence-electron chi connectivity index (χ1n) is 6.13. The Hall–Kier alpha value is -0.590. The molecule has 0 spiro atoms. The number of nitrogens with zero attached hydrogens (tertiary/aromatic N) is 1. The molecule has 0 saturated heterocycles. The Morgan fingerprint density at radius 3 is 2.26 bits per heavy atom. The predicted molar refractivity (Wildman–Crippen MR) is 73.9 cm³/mol. The van der Waals surface area contributed by atoms with E-state index >= 15 is 0 Å². The van der Waals surface area contributed by atoms with E-state index in [4.69, 9.17) is 5.73 Å². The van der Waals surface area contributed by atoms with Crippen molar-refractivity contribution in [3.8, 4) is 0 Å². The molecule has 0 aliphatic carbocycles. The molecule has 0 fully saturated rings. The summed E-state index contributed by atoms with van der Waals surface area (Å²) in [6, 6.07) is 6.84. The predicted octanol–water partition coefficient (Wildman–Crippen LogP) is 3.72. The van der Waals surface area contributed by atoms with Gasteiger partial charge in [-0.05, 0) is 30.7 Å². The largest absolute Gasteiger partial charge is 0.401 e. The first-order valence-corrected chi connectivity index (χ1v) is 6.93. The Kier molecular flexibility index (Phi) is 6.29. The van der Waals surface area contributed by atoms with E-state index in [1.807, 2.05) is 19.1 Å². The maximum absolute atomic E-state index is 12.6. The average Bonchev–Trinajstić information content (AvgIpc) is 2.31. The van der Waals surface area contributed by atoms with Gasteiger partial charge in [0.1, 0.15) is 0 Å². The summed E-state index contributed by atoms with van der Waals surface area (Å²) < 4.78 is 38.7. The lowest BCUT2D eigenvalue weighted by atomic mass is 10.1. The highest BCUT2D eigenvalue weighted by Crippen LogP contribution is 2.26.